The molecule has 1 amide bonds. The van der Waals surface area contributed by atoms with Crippen molar-refractivity contribution in [2.75, 3.05) is 19.0 Å². The van der Waals surface area contributed by atoms with E-state index in [1.165, 1.54) is 37.4 Å². The van der Waals surface area contributed by atoms with E-state index in [0.717, 1.165) is 16.3 Å². The fourth-order valence-corrected chi connectivity index (χ4v) is 3.85. The van der Waals surface area contributed by atoms with Crippen molar-refractivity contribution in [2.24, 2.45) is 5.92 Å². The summed E-state index contributed by atoms with van der Waals surface area (Å²) in [6.45, 7) is 4.38. The highest BCUT2D eigenvalue weighted by Crippen LogP contribution is 2.31. The molecular formula is C30H28N2O7. The number of nitrogens with zero attached hydrogens (tertiary/aromatic N) is 1. The maximum Gasteiger partial charge on any atom is 0.337 e. The van der Waals surface area contributed by atoms with Crippen molar-refractivity contribution in [3.63, 3.8) is 0 Å². The maximum atomic E-state index is 13.1. The van der Waals surface area contributed by atoms with Crippen molar-refractivity contribution in [1.82, 2.24) is 0 Å². The minimum absolute atomic E-state index is 0.0295. The Morgan fingerprint density at radius 1 is 0.872 bits per heavy atom. The highest BCUT2D eigenvalue weighted by atomic mass is 16.6. The molecule has 0 aromatic heterocycles. The van der Waals surface area contributed by atoms with Crippen LogP contribution in [0.15, 0.2) is 78.9 Å². The fraction of sp³-hybridized carbons (Fsp3) is 0.200. The molecule has 0 bridgehead atoms. The SMILES string of the molecule is COC(=O)c1ccc(NC(=O)c2ccc([N+](=O)[O-])c(OCc3ccc4ccccc4c3)c2)c(OCC(C)C)c1. The van der Waals surface area contributed by atoms with E-state index in [4.69, 9.17) is 14.2 Å². The molecule has 0 aliphatic heterocycles. The molecular weight excluding hydrogens is 500 g/mol. The normalized spacial score (nSPS) is 10.8. The Balaban J connectivity index is 1.57. The Bertz CT molecular complexity index is 1530. The molecule has 0 aliphatic carbocycles. The lowest BCUT2D eigenvalue weighted by Gasteiger charge is -2.15. The average molecular weight is 529 g/mol. The van der Waals surface area contributed by atoms with Crippen LogP contribution in [0, 0.1) is 16.0 Å². The summed E-state index contributed by atoms with van der Waals surface area (Å²) in [7, 11) is 1.28. The van der Waals surface area contributed by atoms with E-state index in [1.54, 1.807) is 6.07 Å². The zero-order valence-electron chi connectivity index (χ0n) is 21.8. The van der Waals surface area contributed by atoms with Crippen LogP contribution in [0.5, 0.6) is 11.5 Å². The van der Waals surface area contributed by atoms with Crippen molar-refractivity contribution < 1.29 is 28.7 Å². The van der Waals surface area contributed by atoms with E-state index in [-0.39, 0.29) is 35.1 Å². The molecule has 9 nitrogen and oxygen atoms in total. The predicted octanol–water partition coefficient (Wildman–Crippen LogP) is 6.40. The molecule has 1 N–H and O–H groups in total. The monoisotopic (exact) mass is 528 g/mol. The average Bonchev–Trinajstić information content (AvgIpc) is 2.94. The Morgan fingerprint density at radius 3 is 2.31 bits per heavy atom. The van der Waals surface area contributed by atoms with Gasteiger partial charge in [-0.15, -0.1) is 0 Å². The van der Waals surface area contributed by atoms with Crippen LogP contribution in [0.2, 0.25) is 0 Å². The lowest BCUT2D eigenvalue weighted by molar-refractivity contribution is -0.385. The Kier molecular flexibility index (Phi) is 8.40. The summed E-state index contributed by atoms with van der Waals surface area (Å²) in [6.07, 6.45) is 0. The Morgan fingerprint density at radius 2 is 1.59 bits per heavy atom. The van der Waals surface area contributed by atoms with Gasteiger partial charge in [0.05, 0.1) is 29.9 Å². The molecule has 0 fully saturated rings. The zero-order chi connectivity index (χ0) is 27.9. The van der Waals surface area contributed by atoms with E-state index < -0.39 is 16.8 Å². The molecule has 0 saturated heterocycles. The highest BCUT2D eigenvalue weighted by molar-refractivity contribution is 6.06. The maximum absolute atomic E-state index is 13.1. The van der Waals surface area contributed by atoms with Crippen LogP contribution in [-0.4, -0.2) is 30.5 Å². The van der Waals surface area contributed by atoms with E-state index in [9.17, 15) is 19.7 Å². The summed E-state index contributed by atoms with van der Waals surface area (Å²) in [5.41, 5.74) is 1.34. The van der Waals surface area contributed by atoms with Gasteiger partial charge in [-0.2, -0.15) is 0 Å². The van der Waals surface area contributed by atoms with Crippen molar-refractivity contribution in [3.05, 3.63) is 106 Å². The second kappa shape index (κ2) is 12.1. The summed E-state index contributed by atoms with van der Waals surface area (Å²) in [5.74, 6) is -0.591. The molecule has 200 valence electrons. The van der Waals surface area contributed by atoms with Gasteiger partial charge in [0.2, 0.25) is 0 Å². The van der Waals surface area contributed by atoms with E-state index in [2.05, 4.69) is 5.32 Å². The van der Waals surface area contributed by atoms with Gasteiger partial charge in [0.1, 0.15) is 12.4 Å². The molecule has 39 heavy (non-hydrogen) atoms. The van der Waals surface area contributed by atoms with E-state index in [0.29, 0.717) is 18.0 Å². The molecule has 4 aromatic carbocycles. The number of esters is 1. The van der Waals surface area contributed by atoms with Gasteiger partial charge in [0.15, 0.2) is 5.75 Å². The fourth-order valence-electron chi connectivity index (χ4n) is 3.85. The number of carbonyl (C=O) groups is 2. The molecule has 0 unspecified atom stereocenters. The number of fused-ring (bicyclic) bond motifs is 1. The standard InChI is InChI=1S/C30H28N2O7/c1-19(2)17-38-27-16-24(30(34)37-3)10-12-25(27)31-29(33)23-11-13-26(32(35)36)28(15-23)39-18-20-8-9-21-6-4-5-7-22(21)14-20/h4-16,19H,17-18H2,1-3H3,(H,31,33). The number of nitro benzene ring substituents is 1. The largest absolute Gasteiger partial charge is 0.491 e. The second-order valence-electron chi connectivity index (χ2n) is 9.27. The van der Waals surface area contributed by atoms with Gasteiger partial charge in [-0.05, 0) is 52.6 Å². The first kappa shape index (κ1) is 27.1. The van der Waals surface area contributed by atoms with Gasteiger partial charge in [-0.3, -0.25) is 14.9 Å². The lowest BCUT2D eigenvalue weighted by Crippen LogP contribution is -2.15. The molecule has 0 atom stereocenters. The van der Waals surface area contributed by atoms with Gasteiger partial charge in [0.25, 0.3) is 5.91 Å². The van der Waals surface area contributed by atoms with Crippen LogP contribution >= 0.6 is 0 Å². The first-order valence-corrected chi connectivity index (χ1v) is 12.3. The number of benzene rings is 4. The van der Waals surface area contributed by atoms with Crippen LogP contribution in [0.25, 0.3) is 10.8 Å². The molecule has 0 radical (unpaired) electrons. The summed E-state index contributed by atoms with van der Waals surface area (Å²) >= 11 is 0. The van der Waals surface area contributed by atoms with Gasteiger partial charge in [-0.1, -0.05) is 50.2 Å². The quantitative estimate of drug-likeness (QED) is 0.144. The van der Waals surface area contributed by atoms with Crippen molar-refractivity contribution in [2.45, 2.75) is 20.5 Å². The van der Waals surface area contributed by atoms with E-state index >= 15 is 0 Å². The minimum atomic E-state index is -0.555. The van der Waals surface area contributed by atoms with Crippen LogP contribution in [0.3, 0.4) is 0 Å². The van der Waals surface area contributed by atoms with Crippen molar-refractivity contribution >= 4 is 34.0 Å². The van der Waals surface area contributed by atoms with Crippen molar-refractivity contribution in [3.8, 4) is 11.5 Å². The van der Waals surface area contributed by atoms with E-state index in [1.807, 2.05) is 56.3 Å². The van der Waals surface area contributed by atoms with Crippen LogP contribution in [0.1, 0.15) is 40.1 Å². The third-order valence-electron chi connectivity index (χ3n) is 5.85. The number of carbonyl (C=O) groups excluding carboxylic acids is 2. The summed E-state index contributed by atoms with van der Waals surface area (Å²) < 4.78 is 16.4. The number of hydrogen-bond acceptors (Lipinski definition) is 7. The number of ether oxygens (including phenoxy) is 3. The van der Waals surface area contributed by atoms with Crippen LogP contribution < -0.4 is 14.8 Å². The number of nitrogens with one attached hydrogen (secondary N) is 1. The molecule has 9 heteroatoms. The molecule has 4 aromatic rings. The zero-order valence-corrected chi connectivity index (χ0v) is 21.8. The van der Waals surface area contributed by atoms with Gasteiger partial charge >= 0.3 is 11.7 Å². The number of methoxy groups -OCH3 is 1. The summed E-state index contributed by atoms with van der Waals surface area (Å²) in [4.78, 5) is 36.2. The van der Waals surface area contributed by atoms with Gasteiger partial charge in [0, 0.05) is 17.7 Å². The van der Waals surface area contributed by atoms with Crippen molar-refractivity contribution in [1.29, 1.82) is 0 Å². The third-order valence-corrected chi connectivity index (χ3v) is 5.85. The molecule has 0 saturated carbocycles. The predicted molar refractivity (Wildman–Crippen MR) is 147 cm³/mol. The van der Waals surface area contributed by atoms with Crippen LogP contribution in [-0.2, 0) is 11.3 Å². The molecule has 4 rings (SSSR count). The molecule has 0 aliphatic rings. The molecule has 0 spiro atoms. The third kappa shape index (κ3) is 6.70. The second-order valence-corrected chi connectivity index (χ2v) is 9.27. The first-order valence-electron chi connectivity index (χ1n) is 12.3. The highest BCUT2D eigenvalue weighted by Gasteiger charge is 2.20. The summed E-state index contributed by atoms with van der Waals surface area (Å²) in [6, 6.07) is 22.1. The first-order chi connectivity index (χ1) is 18.7. The van der Waals surface area contributed by atoms with Gasteiger partial charge < -0.3 is 19.5 Å². The number of rotatable bonds is 10. The topological polar surface area (TPSA) is 117 Å². The smallest absolute Gasteiger partial charge is 0.337 e. The number of hydrogen-bond donors (Lipinski definition) is 1. The van der Waals surface area contributed by atoms with Crippen LogP contribution in [0.4, 0.5) is 11.4 Å². The lowest BCUT2D eigenvalue weighted by atomic mass is 10.1. The minimum Gasteiger partial charge on any atom is -0.491 e. The number of nitro groups is 1. The Hall–Kier alpha value is -4.92. The summed E-state index contributed by atoms with van der Waals surface area (Å²) in [5, 5.41) is 16.5. The molecule has 0 heterocycles. The van der Waals surface area contributed by atoms with Gasteiger partial charge in [-0.25, -0.2) is 4.79 Å². The Labute approximate surface area is 225 Å². The number of amides is 1. The number of anilines is 1.